The quantitative estimate of drug-likeness (QED) is 0.880. The van der Waals surface area contributed by atoms with Crippen LogP contribution in [0.1, 0.15) is 30.1 Å². The lowest BCUT2D eigenvalue weighted by Crippen LogP contribution is -2.50. The van der Waals surface area contributed by atoms with Crippen molar-refractivity contribution in [1.82, 2.24) is 9.80 Å². The third-order valence-corrected chi connectivity index (χ3v) is 4.99. The number of hydrogen-bond donors (Lipinski definition) is 1. The third-order valence-electron chi connectivity index (χ3n) is 4.25. The van der Waals surface area contributed by atoms with E-state index in [9.17, 15) is 14.4 Å². The summed E-state index contributed by atoms with van der Waals surface area (Å²) in [6, 6.07) is 2.93. The summed E-state index contributed by atoms with van der Waals surface area (Å²) in [7, 11) is 1.43. The van der Waals surface area contributed by atoms with E-state index >= 15 is 0 Å². The van der Waals surface area contributed by atoms with E-state index < -0.39 is 18.1 Å². The SMILES string of the molecule is CC(C(=O)O)N(C)C(=O)C1CCCN1C(=O)c1ccc(Cl)c(Cl)c1. The van der Waals surface area contributed by atoms with Gasteiger partial charge in [0, 0.05) is 19.2 Å². The molecule has 1 aromatic rings. The van der Waals surface area contributed by atoms with Crippen LogP contribution in [0, 0.1) is 0 Å². The van der Waals surface area contributed by atoms with Crippen molar-refractivity contribution in [2.45, 2.75) is 31.8 Å². The van der Waals surface area contributed by atoms with Crippen LogP contribution in [-0.2, 0) is 9.59 Å². The minimum atomic E-state index is -1.09. The highest BCUT2D eigenvalue weighted by molar-refractivity contribution is 6.42. The molecule has 1 aliphatic heterocycles. The smallest absolute Gasteiger partial charge is 0.326 e. The average Bonchev–Trinajstić information content (AvgIpc) is 3.03. The monoisotopic (exact) mass is 372 g/mol. The molecule has 1 heterocycles. The van der Waals surface area contributed by atoms with E-state index in [1.807, 2.05) is 0 Å². The highest BCUT2D eigenvalue weighted by atomic mass is 35.5. The molecule has 1 aliphatic rings. The molecule has 2 amide bonds. The number of aliphatic carboxylic acids is 1. The predicted molar refractivity (Wildman–Crippen MR) is 90.4 cm³/mol. The van der Waals surface area contributed by atoms with Gasteiger partial charge >= 0.3 is 5.97 Å². The first kappa shape index (κ1) is 18.5. The van der Waals surface area contributed by atoms with Crippen molar-refractivity contribution < 1.29 is 19.5 Å². The molecule has 6 nitrogen and oxygen atoms in total. The van der Waals surface area contributed by atoms with Gasteiger partial charge in [0.15, 0.2) is 0 Å². The fraction of sp³-hybridized carbons (Fsp3) is 0.438. The van der Waals surface area contributed by atoms with Gasteiger partial charge in [-0.1, -0.05) is 23.2 Å². The van der Waals surface area contributed by atoms with E-state index in [1.54, 1.807) is 6.07 Å². The Hall–Kier alpha value is -1.79. The standard InChI is InChI=1S/C16H18Cl2N2O4/c1-9(16(23)24)19(2)15(22)13-4-3-7-20(13)14(21)10-5-6-11(17)12(18)8-10/h5-6,8-9,13H,3-4,7H2,1-2H3,(H,23,24). The van der Waals surface area contributed by atoms with Crippen LogP contribution in [0.4, 0.5) is 0 Å². The van der Waals surface area contributed by atoms with Crippen LogP contribution in [0.3, 0.4) is 0 Å². The van der Waals surface area contributed by atoms with Crippen LogP contribution in [0.2, 0.25) is 10.0 Å². The first-order valence-corrected chi connectivity index (χ1v) is 8.25. The molecule has 0 bridgehead atoms. The Morgan fingerprint density at radius 1 is 1.29 bits per heavy atom. The van der Waals surface area contributed by atoms with E-state index in [0.29, 0.717) is 30.0 Å². The molecule has 2 unspecified atom stereocenters. The van der Waals surface area contributed by atoms with E-state index in [0.717, 1.165) is 4.90 Å². The molecule has 2 atom stereocenters. The number of carbonyl (C=O) groups excluding carboxylic acids is 2. The summed E-state index contributed by atoms with van der Waals surface area (Å²) in [6.07, 6.45) is 1.18. The van der Waals surface area contributed by atoms with Crippen LogP contribution in [-0.4, -0.2) is 58.4 Å². The van der Waals surface area contributed by atoms with Crippen LogP contribution in [0.5, 0.6) is 0 Å². The minimum absolute atomic E-state index is 0.265. The summed E-state index contributed by atoms with van der Waals surface area (Å²) in [5, 5.41) is 9.66. The molecule has 24 heavy (non-hydrogen) atoms. The van der Waals surface area contributed by atoms with Crippen LogP contribution in [0.15, 0.2) is 18.2 Å². The Labute approximate surface area is 149 Å². The van der Waals surface area contributed by atoms with Crippen LogP contribution in [0.25, 0.3) is 0 Å². The average molecular weight is 373 g/mol. The molecule has 0 aliphatic carbocycles. The Bertz CT molecular complexity index is 680. The second-order valence-electron chi connectivity index (χ2n) is 5.75. The van der Waals surface area contributed by atoms with Crippen LogP contribution < -0.4 is 0 Å². The first-order chi connectivity index (χ1) is 11.2. The summed E-state index contributed by atoms with van der Waals surface area (Å²) < 4.78 is 0. The van der Waals surface area contributed by atoms with E-state index in [2.05, 4.69) is 0 Å². The van der Waals surface area contributed by atoms with Gasteiger partial charge in [-0.2, -0.15) is 0 Å². The zero-order valence-corrected chi connectivity index (χ0v) is 14.8. The van der Waals surface area contributed by atoms with Gasteiger partial charge in [0.2, 0.25) is 5.91 Å². The van der Waals surface area contributed by atoms with Crippen molar-refractivity contribution in [3.05, 3.63) is 33.8 Å². The number of amides is 2. The molecule has 1 saturated heterocycles. The number of carbonyl (C=O) groups is 3. The third kappa shape index (κ3) is 3.65. The van der Waals surface area contributed by atoms with E-state index in [-0.39, 0.29) is 16.8 Å². The second kappa shape index (κ2) is 7.40. The van der Waals surface area contributed by atoms with Gasteiger partial charge in [-0.3, -0.25) is 9.59 Å². The number of carboxylic acid groups (broad SMARTS) is 1. The maximum atomic E-state index is 12.7. The lowest BCUT2D eigenvalue weighted by Gasteiger charge is -2.30. The van der Waals surface area contributed by atoms with Gasteiger partial charge in [0.25, 0.3) is 5.91 Å². The summed E-state index contributed by atoms with van der Waals surface area (Å²) >= 11 is 11.8. The molecular formula is C16H18Cl2N2O4. The predicted octanol–water partition coefficient (Wildman–Crippen LogP) is 2.53. The molecule has 1 fully saturated rings. The van der Waals surface area contributed by atoms with Crippen molar-refractivity contribution in [2.75, 3.05) is 13.6 Å². The van der Waals surface area contributed by atoms with Crippen molar-refractivity contribution in [3.8, 4) is 0 Å². The van der Waals surface area contributed by atoms with Gasteiger partial charge < -0.3 is 14.9 Å². The maximum absolute atomic E-state index is 12.7. The Morgan fingerprint density at radius 3 is 2.54 bits per heavy atom. The Morgan fingerprint density at radius 2 is 1.96 bits per heavy atom. The number of hydrogen-bond acceptors (Lipinski definition) is 3. The normalized spacial score (nSPS) is 18.3. The number of nitrogens with zero attached hydrogens (tertiary/aromatic N) is 2. The molecule has 1 aromatic carbocycles. The zero-order chi connectivity index (χ0) is 18.0. The van der Waals surface area contributed by atoms with Crippen molar-refractivity contribution in [2.24, 2.45) is 0 Å². The number of rotatable bonds is 4. The topological polar surface area (TPSA) is 77.9 Å². The molecule has 0 radical (unpaired) electrons. The molecule has 0 aromatic heterocycles. The lowest BCUT2D eigenvalue weighted by atomic mass is 10.1. The summed E-state index contributed by atoms with van der Waals surface area (Å²) in [4.78, 5) is 39.0. The maximum Gasteiger partial charge on any atom is 0.326 e. The summed E-state index contributed by atoms with van der Waals surface area (Å²) in [5.74, 6) is -1.79. The van der Waals surface area contributed by atoms with Crippen molar-refractivity contribution in [1.29, 1.82) is 0 Å². The fourth-order valence-electron chi connectivity index (χ4n) is 2.65. The Balaban J connectivity index is 2.20. The minimum Gasteiger partial charge on any atom is -0.480 e. The highest BCUT2D eigenvalue weighted by Crippen LogP contribution is 2.26. The van der Waals surface area contributed by atoms with Gasteiger partial charge in [0.1, 0.15) is 12.1 Å². The summed E-state index contributed by atoms with van der Waals surface area (Å²) in [6.45, 7) is 1.87. The zero-order valence-electron chi connectivity index (χ0n) is 13.3. The molecule has 130 valence electrons. The largest absolute Gasteiger partial charge is 0.480 e. The Kier molecular flexibility index (Phi) is 5.72. The molecule has 0 spiro atoms. The number of benzene rings is 1. The van der Waals surface area contributed by atoms with Crippen LogP contribution >= 0.6 is 23.2 Å². The van der Waals surface area contributed by atoms with Gasteiger partial charge in [-0.25, -0.2) is 4.79 Å². The second-order valence-corrected chi connectivity index (χ2v) is 6.56. The lowest BCUT2D eigenvalue weighted by molar-refractivity contribution is -0.149. The molecule has 2 rings (SSSR count). The van der Waals surface area contributed by atoms with Gasteiger partial charge in [-0.05, 0) is 38.0 Å². The fourth-order valence-corrected chi connectivity index (χ4v) is 2.95. The first-order valence-electron chi connectivity index (χ1n) is 7.49. The summed E-state index contributed by atoms with van der Waals surface area (Å²) in [5.41, 5.74) is 0.345. The van der Waals surface area contributed by atoms with E-state index in [1.165, 1.54) is 31.0 Å². The number of likely N-dealkylation sites (tertiary alicyclic amines) is 1. The number of carboxylic acids is 1. The molecule has 8 heteroatoms. The van der Waals surface area contributed by atoms with Gasteiger partial charge in [-0.15, -0.1) is 0 Å². The highest BCUT2D eigenvalue weighted by Gasteiger charge is 2.38. The molecule has 0 saturated carbocycles. The van der Waals surface area contributed by atoms with Gasteiger partial charge in [0.05, 0.1) is 10.0 Å². The molecule has 1 N–H and O–H groups in total. The van der Waals surface area contributed by atoms with Crippen molar-refractivity contribution in [3.63, 3.8) is 0 Å². The molecular weight excluding hydrogens is 355 g/mol. The van der Waals surface area contributed by atoms with Crippen molar-refractivity contribution >= 4 is 41.0 Å². The number of halogens is 2. The van der Waals surface area contributed by atoms with E-state index in [4.69, 9.17) is 28.3 Å². The number of likely N-dealkylation sites (N-methyl/N-ethyl adjacent to an activating group) is 1.